The first-order valence-corrected chi connectivity index (χ1v) is 10.4. The Bertz CT molecular complexity index is 837. The van der Waals surface area contributed by atoms with Crippen LogP contribution in [0.2, 0.25) is 0 Å². The van der Waals surface area contributed by atoms with Gasteiger partial charge in [0.2, 0.25) is 5.91 Å². The van der Waals surface area contributed by atoms with E-state index in [2.05, 4.69) is 26.1 Å². The van der Waals surface area contributed by atoms with Gasteiger partial charge in [-0.15, -0.1) is 21.5 Å². The molecule has 2 aromatic heterocycles. The number of thioether (sulfide) groups is 1. The molecule has 0 aliphatic rings. The number of aromatic nitrogens is 2. The minimum Gasteiger partial charge on any atom is -0.492 e. The van der Waals surface area contributed by atoms with Crippen LogP contribution in [-0.2, 0) is 4.79 Å². The predicted molar refractivity (Wildman–Crippen MR) is 106 cm³/mol. The summed E-state index contributed by atoms with van der Waals surface area (Å²) in [7, 11) is 1.75. The zero-order chi connectivity index (χ0) is 18.4. The van der Waals surface area contributed by atoms with E-state index in [9.17, 15) is 4.79 Å². The van der Waals surface area contributed by atoms with Gasteiger partial charge in [0.15, 0.2) is 0 Å². The van der Waals surface area contributed by atoms with Crippen molar-refractivity contribution < 1.29 is 13.9 Å². The molecule has 3 rings (SSSR count). The minimum atomic E-state index is -0.0229. The lowest BCUT2D eigenvalue weighted by atomic mass is 10.3. The summed E-state index contributed by atoms with van der Waals surface area (Å²) in [5.74, 6) is 1.47. The maximum atomic E-state index is 12.2. The van der Waals surface area contributed by atoms with Crippen LogP contribution in [0.3, 0.4) is 0 Å². The monoisotopic (exact) mass is 453 g/mol. The first-order valence-electron chi connectivity index (χ1n) is 7.74. The molecular weight excluding hydrogens is 438 g/mol. The second kappa shape index (κ2) is 9.20. The summed E-state index contributed by atoms with van der Waals surface area (Å²) in [5, 5.41) is 10.3. The third-order valence-electron chi connectivity index (χ3n) is 3.39. The lowest BCUT2D eigenvalue weighted by molar-refractivity contribution is -0.127. The molecule has 0 bridgehead atoms. The molecule has 0 saturated carbocycles. The highest BCUT2D eigenvalue weighted by Crippen LogP contribution is 2.26. The molecule has 6 nitrogen and oxygen atoms in total. The average molecular weight is 454 g/mol. The molecule has 0 radical (unpaired) electrons. The van der Waals surface area contributed by atoms with Gasteiger partial charge in [0.1, 0.15) is 12.4 Å². The standard InChI is InChI=1S/C17H16BrN3O3S2/c1-21(8-9-23-13-6-4-12(18)5-7-13)15(22)11-26-17-20-19-16(24-17)14-3-2-10-25-14/h2-7,10H,8-9,11H2,1H3. The normalized spacial score (nSPS) is 10.7. The number of amides is 1. The number of carbonyl (C=O) groups excluding carboxylic acids is 1. The first-order chi connectivity index (χ1) is 12.6. The molecule has 0 spiro atoms. The number of likely N-dealkylation sites (N-methyl/N-ethyl adjacent to an activating group) is 1. The van der Waals surface area contributed by atoms with Crippen molar-refractivity contribution in [3.8, 4) is 16.5 Å². The number of thiophene rings is 1. The Hall–Kier alpha value is -1.84. The van der Waals surface area contributed by atoms with Gasteiger partial charge >= 0.3 is 0 Å². The fraction of sp³-hybridized carbons (Fsp3) is 0.235. The van der Waals surface area contributed by atoms with Crippen molar-refractivity contribution in [3.63, 3.8) is 0 Å². The number of nitrogens with zero attached hydrogens (tertiary/aromatic N) is 3. The molecule has 0 fully saturated rings. The Morgan fingerprint density at radius 2 is 2.12 bits per heavy atom. The van der Waals surface area contributed by atoms with Gasteiger partial charge in [0, 0.05) is 11.5 Å². The van der Waals surface area contributed by atoms with Crippen molar-refractivity contribution in [3.05, 3.63) is 46.3 Å². The number of hydrogen-bond acceptors (Lipinski definition) is 7. The molecule has 1 aromatic carbocycles. The quantitative estimate of drug-likeness (QED) is 0.476. The molecule has 9 heteroatoms. The van der Waals surface area contributed by atoms with Crippen molar-refractivity contribution >= 4 is 44.9 Å². The van der Waals surface area contributed by atoms with Crippen molar-refractivity contribution in [1.29, 1.82) is 0 Å². The highest BCUT2D eigenvalue weighted by Gasteiger charge is 2.14. The van der Waals surface area contributed by atoms with Gasteiger partial charge in [-0.25, -0.2) is 0 Å². The number of benzene rings is 1. The van der Waals surface area contributed by atoms with E-state index in [-0.39, 0.29) is 11.7 Å². The lowest BCUT2D eigenvalue weighted by Crippen LogP contribution is -2.32. The topological polar surface area (TPSA) is 68.5 Å². The molecule has 0 aliphatic heterocycles. The zero-order valence-corrected chi connectivity index (χ0v) is 17.1. The van der Waals surface area contributed by atoms with Crippen molar-refractivity contribution in [2.24, 2.45) is 0 Å². The fourth-order valence-corrected chi connectivity index (χ4v) is 3.57. The number of rotatable bonds is 8. The zero-order valence-electron chi connectivity index (χ0n) is 13.9. The van der Waals surface area contributed by atoms with Crippen LogP contribution in [0.25, 0.3) is 10.8 Å². The Labute approximate surface area is 167 Å². The van der Waals surface area contributed by atoms with Crippen LogP contribution in [0.15, 0.2) is 55.9 Å². The smallest absolute Gasteiger partial charge is 0.277 e. The van der Waals surface area contributed by atoms with Crippen molar-refractivity contribution in [2.75, 3.05) is 26.0 Å². The average Bonchev–Trinajstić information content (AvgIpc) is 3.32. The highest BCUT2D eigenvalue weighted by atomic mass is 79.9. The van der Waals surface area contributed by atoms with Crippen molar-refractivity contribution in [2.45, 2.75) is 5.22 Å². The van der Waals surface area contributed by atoms with Crippen LogP contribution < -0.4 is 4.74 Å². The summed E-state index contributed by atoms with van der Waals surface area (Å²) in [5.41, 5.74) is 0. The van der Waals surface area contributed by atoms with E-state index >= 15 is 0 Å². The Morgan fingerprint density at radius 1 is 1.31 bits per heavy atom. The number of hydrogen-bond donors (Lipinski definition) is 0. The van der Waals surface area contributed by atoms with Gasteiger partial charge < -0.3 is 14.1 Å². The summed E-state index contributed by atoms with van der Waals surface area (Å²) in [6.45, 7) is 0.928. The van der Waals surface area contributed by atoms with Crippen LogP contribution in [0, 0.1) is 0 Å². The molecule has 0 atom stereocenters. The maximum Gasteiger partial charge on any atom is 0.277 e. The SMILES string of the molecule is CN(CCOc1ccc(Br)cc1)C(=O)CSc1nnc(-c2cccs2)o1. The van der Waals surface area contributed by atoms with Gasteiger partial charge in [-0.3, -0.25) is 4.79 Å². The van der Waals surface area contributed by atoms with E-state index in [1.807, 2.05) is 41.8 Å². The number of carbonyl (C=O) groups is 1. The molecule has 0 unspecified atom stereocenters. The minimum absolute atomic E-state index is 0.0229. The molecular formula is C17H16BrN3O3S2. The fourth-order valence-electron chi connectivity index (χ4n) is 1.96. The molecule has 0 saturated heterocycles. The van der Waals surface area contributed by atoms with Crippen LogP contribution >= 0.6 is 39.0 Å². The number of halogens is 1. The maximum absolute atomic E-state index is 12.2. The molecule has 0 aliphatic carbocycles. The highest BCUT2D eigenvalue weighted by molar-refractivity contribution is 9.10. The summed E-state index contributed by atoms with van der Waals surface area (Å²) in [4.78, 5) is 14.7. The van der Waals surface area contributed by atoms with Crippen molar-refractivity contribution in [1.82, 2.24) is 15.1 Å². The Balaban J connectivity index is 1.40. The second-order valence-corrected chi connectivity index (χ2v) is 8.05. The molecule has 2 heterocycles. The lowest BCUT2D eigenvalue weighted by Gasteiger charge is -2.16. The van der Waals surface area contributed by atoms with Crippen LogP contribution in [0.1, 0.15) is 0 Å². The molecule has 3 aromatic rings. The third kappa shape index (κ3) is 5.33. The predicted octanol–water partition coefficient (Wildman–Crippen LogP) is 4.19. The van der Waals surface area contributed by atoms with Crippen LogP contribution in [0.4, 0.5) is 0 Å². The summed E-state index contributed by atoms with van der Waals surface area (Å²) < 4.78 is 12.2. The third-order valence-corrected chi connectivity index (χ3v) is 5.58. The van der Waals surface area contributed by atoms with Crippen LogP contribution in [0.5, 0.6) is 5.75 Å². The van der Waals surface area contributed by atoms with Gasteiger partial charge in [0.05, 0.1) is 17.2 Å². The summed E-state index contributed by atoms with van der Waals surface area (Å²) in [6, 6.07) is 11.4. The second-order valence-electron chi connectivity index (χ2n) is 5.26. The van der Waals surface area contributed by atoms with E-state index in [1.165, 1.54) is 23.1 Å². The van der Waals surface area contributed by atoms with E-state index in [4.69, 9.17) is 9.15 Å². The molecule has 1 amide bonds. The van der Waals surface area contributed by atoms with Gasteiger partial charge in [-0.05, 0) is 35.7 Å². The summed E-state index contributed by atoms with van der Waals surface area (Å²) >= 11 is 6.14. The van der Waals surface area contributed by atoms with Gasteiger partial charge in [-0.1, -0.05) is 33.8 Å². The summed E-state index contributed by atoms with van der Waals surface area (Å²) in [6.07, 6.45) is 0. The first kappa shape index (κ1) is 18.9. The van der Waals surface area contributed by atoms with E-state index < -0.39 is 0 Å². The Kier molecular flexibility index (Phi) is 6.70. The Morgan fingerprint density at radius 3 is 2.85 bits per heavy atom. The molecule has 0 N–H and O–H groups in total. The molecule has 136 valence electrons. The van der Waals surface area contributed by atoms with Crippen LogP contribution in [-0.4, -0.2) is 47.0 Å². The van der Waals surface area contributed by atoms with E-state index in [0.29, 0.717) is 24.3 Å². The molecule has 26 heavy (non-hydrogen) atoms. The van der Waals surface area contributed by atoms with Gasteiger partial charge in [-0.2, -0.15) is 0 Å². The van der Waals surface area contributed by atoms with E-state index in [0.717, 1.165) is 15.1 Å². The van der Waals surface area contributed by atoms with E-state index in [1.54, 1.807) is 11.9 Å². The van der Waals surface area contributed by atoms with Gasteiger partial charge in [0.25, 0.3) is 11.1 Å². The number of ether oxygens (including phenoxy) is 1. The largest absolute Gasteiger partial charge is 0.492 e.